The van der Waals surface area contributed by atoms with E-state index < -0.39 is 16.1 Å². The molecule has 152 valence electrons. The third kappa shape index (κ3) is 4.71. The molecule has 2 aromatic carbocycles. The number of nitro benzene ring substituents is 1. The molecule has 2 amide bonds. The Morgan fingerprint density at radius 2 is 2.03 bits per heavy atom. The maximum absolute atomic E-state index is 12.7. The highest BCUT2D eigenvalue weighted by molar-refractivity contribution is 8.18. The highest BCUT2D eigenvalue weighted by Crippen LogP contribution is 2.35. The van der Waals surface area contributed by atoms with Crippen molar-refractivity contribution in [1.82, 2.24) is 4.90 Å². The quantitative estimate of drug-likeness (QED) is 0.298. The van der Waals surface area contributed by atoms with Gasteiger partial charge in [-0.15, -0.1) is 11.8 Å². The van der Waals surface area contributed by atoms with Gasteiger partial charge in [0, 0.05) is 11.8 Å². The zero-order chi connectivity index (χ0) is 21.7. The Kier molecular flexibility index (Phi) is 6.89. The van der Waals surface area contributed by atoms with Gasteiger partial charge in [0.2, 0.25) is 0 Å². The number of benzene rings is 2. The van der Waals surface area contributed by atoms with Crippen LogP contribution in [0.2, 0.25) is 0 Å². The number of nitriles is 1. The number of carbonyl (C=O) groups is 2. The number of rotatable bonds is 7. The Hall–Kier alpha value is -3.13. The molecule has 1 saturated heterocycles. The SMILES string of the molecule is N#Cc1ccccc1CN1C(=O)S/C(=C\c2ccc(SCCO)c([N+](=O)[O-])c2)C1=O. The van der Waals surface area contributed by atoms with E-state index in [2.05, 4.69) is 0 Å². The molecule has 30 heavy (non-hydrogen) atoms. The van der Waals surface area contributed by atoms with Crippen LogP contribution in [0, 0.1) is 21.4 Å². The molecule has 0 radical (unpaired) electrons. The summed E-state index contributed by atoms with van der Waals surface area (Å²) in [6, 6.07) is 13.2. The van der Waals surface area contributed by atoms with Gasteiger partial charge in [-0.25, -0.2) is 0 Å². The third-order valence-corrected chi connectivity index (χ3v) is 6.12. The van der Waals surface area contributed by atoms with Crippen LogP contribution in [0.4, 0.5) is 10.5 Å². The summed E-state index contributed by atoms with van der Waals surface area (Å²) in [6.07, 6.45) is 1.44. The molecule has 0 aromatic heterocycles. The number of nitrogens with zero attached hydrogens (tertiary/aromatic N) is 3. The van der Waals surface area contributed by atoms with Gasteiger partial charge < -0.3 is 5.11 Å². The van der Waals surface area contributed by atoms with E-state index in [1.54, 1.807) is 36.4 Å². The van der Waals surface area contributed by atoms with Gasteiger partial charge in [0.15, 0.2) is 0 Å². The van der Waals surface area contributed by atoms with Crippen LogP contribution in [0.25, 0.3) is 6.08 Å². The normalized spacial score (nSPS) is 14.9. The van der Waals surface area contributed by atoms with Gasteiger partial charge in [-0.2, -0.15) is 5.26 Å². The van der Waals surface area contributed by atoms with Crippen LogP contribution in [0.1, 0.15) is 16.7 Å². The molecule has 1 fully saturated rings. The first-order valence-corrected chi connectivity index (χ1v) is 10.5. The first-order chi connectivity index (χ1) is 14.4. The van der Waals surface area contributed by atoms with E-state index in [1.165, 1.54) is 12.1 Å². The third-order valence-electron chi connectivity index (χ3n) is 4.17. The summed E-state index contributed by atoms with van der Waals surface area (Å²) in [7, 11) is 0. The zero-order valence-electron chi connectivity index (χ0n) is 15.5. The Labute approximate surface area is 180 Å². The molecule has 0 bridgehead atoms. The molecular weight excluding hydrogens is 426 g/mol. The van der Waals surface area contributed by atoms with Gasteiger partial charge in [-0.05, 0) is 41.1 Å². The number of aliphatic hydroxyl groups is 1. The van der Waals surface area contributed by atoms with Crippen molar-refractivity contribution >= 4 is 46.4 Å². The summed E-state index contributed by atoms with van der Waals surface area (Å²) < 4.78 is 0. The predicted molar refractivity (Wildman–Crippen MR) is 114 cm³/mol. The summed E-state index contributed by atoms with van der Waals surface area (Å²) in [5.41, 5.74) is 1.22. The zero-order valence-corrected chi connectivity index (χ0v) is 17.1. The Bertz CT molecular complexity index is 1090. The van der Waals surface area contributed by atoms with Gasteiger partial charge in [0.25, 0.3) is 16.8 Å². The van der Waals surface area contributed by atoms with Crippen LogP contribution in [-0.4, -0.2) is 38.4 Å². The molecule has 0 unspecified atom stereocenters. The fraction of sp³-hybridized carbons (Fsp3) is 0.150. The van der Waals surface area contributed by atoms with Gasteiger partial charge >= 0.3 is 0 Å². The maximum atomic E-state index is 12.7. The molecular formula is C20H15N3O5S2. The molecule has 1 aliphatic heterocycles. The van der Waals surface area contributed by atoms with E-state index in [-0.39, 0.29) is 23.7 Å². The van der Waals surface area contributed by atoms with E-state index in [9.17, 15) is 25.0 Å². The topological polar surface area (TPSA) is 125 Å². The van der Waals surface area contributed by atoms with E-state index >= 15 is 0 Å². The number of hydrogen-bond acceptors (Lipinski definition) is 8. The second-order valence-electron chi connectivity index (χ2n) is 6.09. The molecule has 0 saturated carbocycles. The van der Waals surface area contributed by atoms with Crippen molar-refractivity contribution in [2.45, 2.75) is 11.4 Å². The van der Waals surface area contributed by atoms with E-state index in [1.807, 2.05) is 6.07 Å². The van der Waals surface area contributed by atoms with Crippen molar-refractivity contribution in [3.63, 3.8) is 0 Å². The summed E-state index contributed by atoms with van der Waals surface area (Å²) in [5, 5.41) is 29.0. The van der Waals surface area contributed by atoms with Crippen molar-refractivity contribution in [2.75, 3.05) is 12.4 Å². The van der Waals surface area contributed by atoms with Gasteiger partial charge in [-0.1, -0.05) is 24.3 Å². The Balaban J connectivity index is 1.85. The van der Waals surface area contributed by atoms with Crippen LogP contribution in [0.3, 0.4) is 0 Å². The molecule has 1 heterocycles. The first-order valence-electron chi connectivity index (χ1n) is 8.70. The lowest BCUT2D eigenvalue weighted by molar-refractivity contribution is -0.387. The molecule has 0 spiro atoms. The molecule has 10 heteroatoms. The fourth-order valence-corrected chi connectivity index (χ4v) is 4.36. The summed E-state index contributed by atoms with van der Waals surface area (Å²) in [4.78, 5) is 37.5. The molecule has 3 rings (SSSR count). The minimum Gasteiger partial charge on any atom is -0.396 e. The molecule has 1 N–H and O–H groups in total. The summed E-state index contributed by atoms with van der Waals surface area (Å²) >= 11 is 1.91. The molecule has 8 nitrogen and oxygen atoms in total. The second kappa shape index (κ2) is 9.58. The lowest BCUT2D eigenvalue weighted by atomic mass is 10.1. The number of carbonyl (C=O) groups excluding carboxylic acids is 2. The average molecular weight is 441 g/mol. The smallest absolute Gasteiger partial charge is 0.293 e. The number of nitro groups is 1. The minimum absolute atomic E-state index is 0.0252. The number of aliphatic hydroxyl groups excluding tert-OH is 1. The van der Waals surface area contributed by atoms with Gasteiger partial charge in [0.1, 0.15) is 0 Å². The predicted octanol–water partition coefficient (Wildman–Crippen LogP) is 3.79. The van der Waals surface area contributed by atoms with Gasteiger partial charge in [-0.3, -0.25) is 24.6 Å². The van der Waals surface area contributed by atoms with Crippen LogP contribution in [0.5, 0.6) is 0 Å². The number of amides is 2. The number of thioether (sulfide) groups is 2. The average Bonchev–Trinajstić information content (AvgIpc) is 3.00. The van der Waals surface area contributed by atoms with E-state index in [0.717, 1.165) is 28.4 Å². The monoisotopic (exact) mass is 441 g/mol. The summed E-state index contributed by atoms with van der Waals surface area (Å²) in [6.45, 7) is -0.131. The van der Waals surface area contributed by atoms with Crippen LogP contribution >= 0.6 is 23.5 Å². The van der Waals surface area contributed by atoms with Crippen LogP contribution < -0.4 is 0 Å². The lowest BCUT2D eigenvalue weighted by Crippen LogP contribution is -2.27. The highest BCUT2D eigenvalue weighted by Gasteiger charge is 2.35. The number of hydrogen-bond donors (Lipinski definition) is 1. The fourth-order valence-electron chi connectivity index (χ4n) is 2.77. The van der Waals surface area contributed by atoms with Crippen LogP contribution in [-0.2, 0) is 11.3 Å². The van der Waals surface area contributed by atoms with Crippen molar-refractivity contribution in [3.05, 3.63) is 74.2 Å². The van der Waals surface area contributed by atoms with Crippen LogP contribution in [0.15, 0.2) is 52.3 Å². The molecule has 0 atom stereocenters. The van der Waals surface area contributed by atoms with Crippen molar-refractivity contribution in [2.24, 2.45) is 0 Å². The van der Waals surface area contributed by atoms with E-state index in [4.69, 9.17) is 5.11 Å². The largest absolute Gasteiger partial charge is 0.396 e. The maximum Gasteiger partial charge on any atom is 0.293 e. The standard InChI is InChI=1S/C20H15N3O5S2/c21-11-14-3-1-2-4-15(14)12-22-19(25)18(30-20(22)26)10-13-5-6-17(29-8-7-24)16(9-13)23(27)28/h1-6,9-10,24H,7-8,12H2/b18-10-. The summed E-state index contributed by atoms with van der Waals surface area (Å²) in [5.74, 6) is -0.192. The minimum atomic E-state index is -0.526. The Morgan fingerprint density at radius 1 is 1.27 bits per heavy atom. The second-order valence-corrected chi connectivity index (χ2v) is 8.22. The molecule has 1 aliphatic rings. The van der Waals surface area contributed by atoms with Crippen molar-refractivity contribution < 1.29 is 19.6 Å². The highest BCUT2D eigenvalue weighted by atomic mass is 32.2. The Morgan fingerprint density at radius 3 is 2.73 bits per heavy atom. The first kappa shape index (κ1) is 21.6. The lowest BCUT2D eigenvalue weighted by Gasteiger charge is -2.13. The van der Waals surface area contributed by atoms with E-state index in [0.29, 0.717) is 27.3 Å². The van der Waals surface area contributed by atoms with Crippen molar-refractivity contribution in [3.8, 4) is 6.07 Å². The van der Waals surface area contributed by atoms with Gasteiger partial charge in [0.05, 0.1) is 39.5 Å². The molecule has 2 aromatic rings. The van der Waals surface area contributed by atoms with Crippen molar-refractivity contribution in [1.29, 1.82) is 5.26 Å². The molecule has 0 aliphatic carbocycles. The number of imide groups is 1.